The minimum Gasteiger partial charge on any atom is -0.376 e. The highest BCUT2D eigenvalue weighted by Gasteiger charge is 2.48. The Morgan fingerprint density at radius 1 is 0.923 bits per heavy atom. The van der Waals surface area contributed by atoms with E-state index in [4.69, 9.17) is 4.74 Å². The Balaban J connectivity index is 1.48. The summed E-state index contributed by atoms with van der Waals surface area (Å²) in [6.45, 7) is 13.2. The van der Waals surface area contributed by atoms with Crippen LogP contribution in [0.5, 0.6) is 0 Å². The molecule has 0 aromatic heterocycles. The number of benzene rings is 2. The van der Waals surface area contributed by atoms with Crippen LogP contribution in [0.4, 0.5) is 0 Å². The maximum absolute atomic E-state index is 5.96. The van der Waals surface area contributed by atoms with Crippen molar-refractivity contribution in [2.75, 3.05) is 6.61 Å². The van der Waals surface area contributed by atoms with Gasteiger partial charge in [0.15, 0.2) is 0 Å². The van der Waals surface area contributed by atoms with E-state index in [1.807, 2.05) is 17.8 Å². The smallest absolute Gasteiger partial charge is 0.0717 e. The van der Waals surface area contributed by atoms with E-state index in [0.717, 1.165) is 19.1 Å². The highest BCUT2D eigenvalue weighted by atomic mass is 32.2. The van der Waals surface area contributed by atoms with E-state index in [1.165, 1.54) is 22.4 Å². The van der Waals surface area contributed by atoms with Crippen LogP contribution in [0.1, 0.15) is 52.2 Å². The summed E-state index contributed by atoms with van der Waals surface area (Å²) in [7, 11) is 0. The van der Waals surface area contributed by atoms with Crippen molar-refractivity contribution in [3.63, 3.8) is 0 Å². The molecule has 26 heavy (non-hydrogen) atoms. The predicted octanol–water partition coefficient (Wildman–Crippen LogP) is 6.71. The minimum atomic E-state index is 0.219. The second-order valence-electron chi connectivity index (χ2n) is 9.08. The molecule has 1 fully saturated rings. The number of ether oxygens (including phenoxy) is 1. The van der Waals surface area contributed by atoms with E-state index in [9.17, 15) is 0 Å². The predicted molar refractivity (Wildman–Crippen MR) is 113 cm³/mol. The third-order valence-electron chi connectivity index (χ3n) is 5.36. The van der Waals surface area contributed by atoms with Gasteiger partial charge in [-0.1, -0.05) is 77.1 Å². The molecule has 140 valence electrons. The van der Waals surface area contributed by atoms with E-state index in [-0.39, 0.29) is 10.2 Å². The van der Waals surface area contributed by atoms with Crippen LogP contribution in [0.3, 0.4) is 0 Å². The molecule has 0 saturated heterocycles. The first-order chi connectivity index (χ1) is 12.3. The van der Waals surface area contributed by atoms with Crippen LogP contribution in [0, 0.1) is 11.8 Å². The summed E-state index contributed by atoms with van der Waals surface area (Å²) in [5.74, 6) is 1.45. The highest BCUT2D eigenvalue weighted by molar-refractivity contribution is 8.00. The molecule has 0 aliphatic heterocycles. The lowest BCUT2D eigenvalue weighted by molar-refractivity contribution is 0.106. The van der Waals surface area contributed by atoms with E-state index in [1.54, 1.807) is 0 Å². The normalized spacial score (nSPS) is 20.2. The topological polar surface area (TPSA) is 9.23 Å². The molecule has 0 N–H and O–H groups in total. The monoisotopic (exact) mass is 368 g/mol. The molecule has 3 rings (SSSR count). The van der Waals surface area contributed by atoms with Crippen molar-refractivity contribution in [2.24, 2.45) is 11.8 Å². The van der Waals surface area contributed by atoms with Gasteiger partial charge in [0.1, 0.15) is 0 Å². The average molecular weight is 369 g/mol. The lowest BCUT2D eigenvalue weighted by Gasteiger charge is -2.25. The van der Waals surface area contributed by atoms with Gasteiger partial charge in [-0.25, -0.2) is 0 Å². The molecule has 2 heteroatoms. The van der Waals surface area contributed by atoms with Gasteiger partial charge in [0.05, 0.1) is 13.2 Å². The fourth-order valence-electron chi connectivity index (χ4n) is 3.59. The van der Waals surface area contributed by atoms with Gasteiger partial charge in [-0.15, -0.1) is 11.8 Å². The van der Waals surface area contributed by atoms with Gasteiger partial charge in [-0.2, -0.15) is 0 Å². The van der Waals surface area contributed by atoms with E-state index in [2.05, 4.69) is 83.1 Å². The lowest BCUT2D eigenvalue weighted by Crippen LogP contribution is -2.20. The Hall–Kier alpha value is -1.25. The second-order valence-corrected chi connectivity index (χ2v) is 10.8. The average Bonchev–Trinajstić information content (AvgIpc) is 3.36. The Bertz CT molecular complexity index is 697. The van der Waals surface area contributed by atoms with Crippen LogP contribution in [0.2, 0.25) is 0 Å². The fourth-order valence-corrected chi connectivity index (χ4v) is 4.91. The highest BCUT2D eigenvalue weighted by Crippen LogP contribution is 2.54. The molecule has 2 aromatic carbocycles. The summed E-state index contributed by atoms with van der Waals surface area (Å²) >= 11 is 2.01. The summed E-state index contributed by atoms with van der Waals surface area (Å²) in [6, 6.07) is 19.6. The molecular formula is C24H32OS. The summed E-state index contributed by atoms with van der Waals surface area (Å²) in [5.41, 5.74) is 2.88. The van der Waals surface area contributed by atoms with Crippen molar-refractivity contribution in [3.8, 4) is 0 Å². The molecular weight excluding hydrogens is 336 g/mol. The van der Waals surface area contributed by atoms with Crippen LogP contribution in [0.25, 0.3) is 0 Å². The summed E-state index contributed by atoms with van der Waals surface area (Å²) in [5, 5.41) is 0. The SMILES string of the molecule is CC(C)(C)c1ccc(SC(C)(C)[C@@H]2C[C@H]2COCc2ccccc2)cc1. The first-order valence-corrected chi connectivity index (χ1v) is 10.5. The minimum absolute atomic E-state index is 0.219. The Kier molecular flexibility index (Phi) is 5.84. The molecule has 1 aliphatic rings. The van der Waals surface area contributed by atoms with Crippen molar-refractivity contribution < 1.29 is 4.74 Å². The van der Waals surface area contributed by atoms with E-state index < -0.39 is 0 Å². The first-order valence-electron chi connectivity index (χ1n) is 9.67. The maximum Gasteiger partial charge on any atom is 0.0717 e. The van der Waals surface area contributed by atoms with Crippen molar-refractivity contribution in [1.82, 2.24) is 0 Å². The van der Waals surface area contributed by atoms with Gasteiger partial charge in [0.25, 0.3) is 0 Å². The third kappa shape index (κ3) is 5.14. The van der Waals surface area contributed by atoms with E-state index >= 15 is 0 Å². The molecule has 1 aliphatic carbocycles. The molecule has 0 radical (unpaired) electrons. The molecule has 1 saturated carbocycles. The first kappa shape index (κ1) is 19.5. The number of thioether (sulfide) groups is 1. The molecule has 0 spiro atoms. The van der Waals surface area contributed by atoms with Crippen LogP contribution in [0.15, 0.2) is 59.5 Å². The molecule has 2 aromatic rings. The van der Waals surface area contributed by atoms with Crippen molar-refractivity contribution >= 4 is 11.8 Å². The van der Waals surface area contributed by atoms with Crippen LogP contribution in [-0.2, 0) is 16.8 Å². The molecule has 0 unspecified atom stereocenters. The number of hydrogen-bond acceptors (Lipinski definition) is 2. The Morgan fingerprint density at radius 3 is 2.19 bits per heavy atom. The third-order valence-corrected chi connectivity index (χ3v) is 6.70. The number of rotatable bonds is 7. The molecule has 0 amide bonds. The van der Waals surface area contributed by atoms with Crippen molar-refractivity contribution in [1.29, 1.82) is 0 Å². The van der Waals surface area contributed by atoms with Gasteiger partial charge in [0.2, 0.25) is 0 Å². The zero-order chi connectivity index (χ0) is 18.8. The van der Waals surface area contributed by atoms with Gasteiger partial charge < -0.3 is 4.74 Å². The Morgan fingerprint density at radius 2 is 1.58 bits per heavy atom. The van der Waals surface area contributed by atoms with Crippen LogP contribution in [-0.4, -0.2) is 11.4 Å². The standard InChI is InChI=1S/C24H32OS/c1-23(2,3)20-11-13-21(14-12-20)26-24(4,5)22-15-19(22)17-25-16-18-9-7-6-8-10-18/h6-14,19,22H,15-17H2,1-5H3/t19-,22+/m0/s1. The number of hydrogen-bond donors (Lipinski definition) is 0. The van der Waals surface area contributed by atoms with Crippen molar-refractivity contribution in [2.45, 2.75) is 62.7 Å². The molecule has 0 heterocycles. The summed E-state index contributed by atoms with van der Waals surface area (Å²) in [6.07, 6.45) is 1.29. The van der Waals surface area contributed by atoms with E-state index in [0.29, 0.717) is 5.92 Å². The summed E-state index contributed by atoms with van der Waals surface area (Å²) < 4.78 is 6.22. The zero-order valence-electron chi connectivity index (χ0n) is 16.8. The van der Waals surface area contributed by atoms with Crippen LogP contribution >= 0.6 is 11.8 Å². The van der Waals surface area contributed by atoms with Gasteiger partial charge in [0, 0.05) is 9.64 Å². The largest absolute Gasteiger partial charge is 0.376 e. The molecule has 2 atom stereocenters. The maximum atomic E-state index is 5.96. The second kappa shape index (κ2) is 7.78. The fraction of sp³-hybridized carbons (Fsp3) is 0.500. The van der Waals surface area contributed by atoms with Gasteiger partial charge >= 0.3 is 0 Å². The molecule has 1 nitrogen and oxygen atoms in total. The quantitative estimate of drug-likeness (QED) is 0.502. The van der Waals surface area contributed by atoms with Crippen molar-refractivity contribution in [3.05, 3.63) is 65.7 Å². The Labute approximate surface area is 163 Å². The molecule has 0 bridgehead atoms. The lowest BCUT2D eigenvalue weighted by atomic mass is 9.87. The summed E-state index contributed by atoms with van der Waals surface area (Å²) in [4.78, 5) is 1.37. The van der Waals surface area contributed by atoms with Crippen LogP contribution < -0.4 is 0 Å². The van der Waals surface area contributed by atoms with Gasteiger partial charge in [-0.05, 0) is 46.9 Å². The zero-order valence-corrected chi connectivity index (χ0v) is 17.6. The van der Waals surface area contributed by atoms with Gasteiger partial charge in [-0.3, -0.25) is 0 Å².